The highest BCUT2D eigenvalue weighted by molar-refractivity contribution is 7.90. The summed E-state index contributed by atoms with van der Waals surface area (Å²) in [5.74, 6) is -1.54. The minimum absolute atomic E-state index is 0.0536. The van der Waals surface area contributed by atoms with Gasteiger partial charge in [0.05, 0.1) is 5.75 Å². The molecular formula is C18H28FN3O5S2. The molecule has 1 fully saturated rings. The van der Waals surface area contributed by atoms with Crippen LogP contribution in [0.25, 0.3) is 0 Å². The Kier molecular flexibility index (Phi) is 7.77. The molecule has 1 aromatic rings. The van der Waals surface area contributed by atoms with Crippen LogP contribution in [-0.4, -0.2) is 83.3 Å². The second-order valence-electron chi connectivity index (χ2n) is 7.57. The molecule has 11 heteroatoms. The Labute approximate surface area is 172 Å². The molecule has 0 aromatic heterocycles. The Bertz CT molecular complexity index is 927. The fourth-order valence-corrected chi connectivity index (χ4v) is 5.06. The van der Waals surface area contributed by atoms with Crippen LogP contribution in [0.2, 0.25) is 0 Å². The van der Waals surface area contributed by atoms with Gasteiger partial charge < -0.3 is 4.90 Å². The largest absolute Gasteiger partial charge is 0.339 e. The molecule has 1 saturated heterocycles. The minimum atomic E-state index is -4.20. The molecule has 0 spiro atoms. The molecule has 0 bridgehead atoms. The van der Waals surface area contributed by atoms with Crippen molar-refractivity contribution < 1.29 is 26.0 Å². The lowest BCUT2D eigenvalue weighted by Crippen LogP contribution is -2.56. The Morgan fingerprint density at radius 1 is 1.10 bits per heavy atom. The van der Waals surface area contributed by atoms with Crippen molar-refractivity contribution in [3.05, 3.63) is 30.1 Å². The summed E-state index contributed by atoms with van der Waals surface area (Å²) in [6.45, 7) is 5.58. The molecule has 0 unspecified atom stereocenters. The van der Waals surface area contributed by atoms with E-state index in [2.05, 4.69) is 4.72 Å². The number of nitrogens with zero attached hydrogens (tertiary/aromatic N) is 2. The number of benzene rings is 1. The van der Waals surface area contributed by atoms with Gasteiger partial charge in [-0.1, -0.05) is 26.0 Å². The van der Waals surface area contributed by atoms with Crippen molar-refractivity contribution in [1.82, 2.24) is 14.5 Å². The highest BCUT2D eigenvalue weighted by Gasteiger charge is 2.33. The summed E-state index contributed by atoms with van der Waals surface area (Å²) in [5, 5.41) is 0. The molecule has 8 nitrogen and oxygen atoms in total. The summed E-state index contributed by atoms with van der Waals surface area (Å²) in [4.78, 5) is 16.0. The summed E-state index contributed by atoms with van der Waals surface area (Å²) in [6.07, 6.45) is 1.18. The number of carbonyl (C=O) groups excluding carboxylic acids is 1. The summed E-state index contributed by atoms with van der Waals surface area (Å²) >= 11 is 0. The fraction of sp³-hybridized carbons (Fsp3) is 0.611. The van der Waals surface area contributed by atoms with Crippen LogP contribution in [-0.2, 0) is 24.7 Å². The minimum Gasteiger partial charge on any atom is -0.339 e. The number of nitrogens with one attached hydrogen (secondary N) is 1. The maximum Gasteiger partial charge on any atom is 0.244 e. The predicted octanol–water partition coefficient (Wildman–Crippen LogP) is 0.317. The van der Waals surface area contributed by atoms with E-state index in [9.17, 15) is 26.0 Å². The molecule has 29 heavy (non-hydrogen) atoms. The molecule has 1 amide bonds. The van der Waals surface area contributed by atoms with Crippen LogP contribution in [0.4, 0.5) is 4.39 Å². The average molecular weight is 450 g/mol. The van der Waals surface area contributed by atoms with Crippen molar-refractivity contribution >= 4 is 25.8 Å². The number of halogens is 1. The van der Waals surface area contributed by atoms with Crippen LogP contribution in [0.5, 0.6) is 0 Å². The number of rotatable bonds is 8. The van der Waals surface area contributed by atoms with Gasteiger partial charge >= 0.3 is 0 Å². The van der Waals surface area contributed by atoms with Crippen molar-refractivity contribution in [1.29, 1.82) is 0 Å². The first-order valence-corrected chi connectivity index (χ1v) is 12.9. The van der Waals surface area contributed by atoms with E-state index in [1.807, 2.05) is 4.90 Å². The van der Waals surface area contributed by atoms with E-state index in [4.69, 9.17) is 0 Å². The number of hydrogen-bond donors (Lipinski definition) is 1. The van der Waals surface area contributed by atoms with Gasteiger partial charge in [0, 0.05) is 39.0 Å². The normalized spacial score (nSPS) is 17.5. The molecular weight excluding hydrogens is 421 g/mol. The van der Waals surface area contributed by atoms with Gasteiger partial charge in [0.1, 0.15) is 26.6 Å². The first-order valence-electron chi connectivity index (χ1n) is 9.36. The summed E-state index contributed by atoms with van der Waals surface area (Å²) in [5.41, 5.74) is 0. The first kappa shape index (κ1) is 23.7. The van der Waals surface area contributed by atoms with Gasteiger partial charge in [-0.15, -0.1) is 0 Å². The van der Waals surface area contributed by atoms with E-state index in [-0.39, 0.29) is 17.6 Å². The maximum absolute atomic E-state index is 13.9. The zero-order chi connectivity index (χ0) is 21.8. The summed E-state index contributed by atoms with van der Waals surface area (Å²) in [6, 6.07) is 3.99. The Hall–Kier alpha value is -1.56. The molecule has 1 aromatic carbocycles. The standard InChI is InChI=1S/C18H28FN3O5S2/c1-14(2)17(20-29(26,27)16-7-5-4-6-15(16)19)18(23)22-10-8-21(9-11-22)12-13-28(3,24)25/h4-7,14,17,20H,8-13H2,1-3H3/t17-/m0/s1. The Morgan fingerprint density at radius 2 is 1.69 bits per heavy atom. The smallest absolute Gasteiger partial charge is 0.244 e. The third-order valence-electron chi connectivity index (χ3n) is 4.80. The fourth-order valence-electron chi connectivity index (χ4n) is 3.05. The average Bonchev–Trinajstić information content (AvgIpc) is 2.64. The topological polar surface area (TPSA) is 104 Å². The second kappa shape index (κ2) is 9.50. The van der Waals surface area contributed by atoms with Crippen LogP contribution >= 0.6 is 0 Å². The number of sulfone groups is 1. The van der Waals surface area contributed by atoms with E-state index in [0.717, 1.165) is 12.1 Å². The highest BCUT2D eigenvalue weighted by atomic mass is 32.2. The lowest BCUT2D eigenvalue weighted by Gasteiger charge is -2.37. The van der Waals surface area contributed by atoms with Gasteiger partial charge in [-0.05, 0) is 18.1 Å². The number of sulfonamides is 1. The molecule has 2 rings (SSSR count). The van der Waals surface area contributed by atoms with Gasteiger partial charge in [0.2, 0.25) is 15.9 Å². The highest BCUT2D eigenvalue weighted by Crippen LogP contribution is 2.17. The van der Waals surface area contributed by atoms with E-state index >= 15 is 0 Å². The molecule has 0 radical (unpaired) electrons. The molecule has 0 aliphatic carbocycles. The molecule has 1 aliphatic heterocycles. The van der Waals surface area contributed by atoms with Crippen molar-refractivity contribution in [2.75, 3.05) is 44.7 Å². The van der Waals surface area contributed by atoms with Crippen molar-refractivity contribution in [2.24, 2.45) is 5.92 Å². The first-order chi connectivity index (χ1) is 13.4. The van der Waals surface area contributed by atoms with Crippen molar-refractivity contribution in [2.45, 2.75) is 24.8 Å². The Morgan fingerprint density at radius 3 is 2.21 bits per heavy atom. The summed E-state index contributed by atoms with van der Waals surface area (Å²) < 4.78 is 64.1. The zero-order valence-electron chi connectivity index (χ0n) is 16.8. The van der Waals surface area contributed by atoms with Gasteiger partial charge in [-0.2, -0.15) is 4.72 Å². The van der Waals surface area contributed by atoms with Crippen LogP contribution in [0.1, 0.15) is 13.8 Å². The van der Waals surface area contributed by atoms with Gasteiger partial charge in [0.15, 0.2) is 0 Å². The van der Waals surface area contributed by atoms with E-state index in [0.29, 0.717) is 32.7 Å². The van der Waals surface area contributed by atoms with E-state index < -0.39 is 36.6 Å². The Balaban J connectivity index is 2.04. The number of piperazine rings is 1. The predicted molar refractivity (Wildman–Crippen MR) is 108 cm³/mol. The van der Waals surface area contributed by atoms with Gasteiger partial charge in [-0.3, -0.25) is 9.69 Å². The second-order valence-corrected chi connectivity index (χ2v) is 11.5. The molecule has 1 heterocycles. The van der Waals surface area contributed by atoms with Crippen LogP contribution in [0.3, 0.4) is 0 Å². The van der Waals surface area contributed by atoms with Gasteiger partial charge in [-0.25, -0.2) is 21.2 Å². The third-order valence-corrected chi connectivity index (χ3v) is 7.20. The van der Waals surface area contributed by atoms with Crippen molar-refractivity contribution in [3.63, 3.8) is 0 Å². The zero-order valence-corrected chi connectivity index (χ0v) is 18.5. The van der Waals surface area contributed by atoms with Crippen LogP contribution < -0.4 is 4.72 Å². The quantitative estimate of drug-likeness (QED) is 0.613. The maximum atomic E-state index is 13.9. The van der Waals surface area contributed by atoms with Crippen molar-refractivity contribution in [3.8, 4) is 0 Å². The molecule has 1 atom stereocenters. The lowest BCUT2D eigenvalue weighted by atomic mass is 10.0. The number of hydrogen-bond acceptors (Lipinski definition) is 6. The number of amides is 1. The molecule has 1 aliphatic rings. The van der Waals surface area contributed by atoms with Crippen LogP contribution in [0.15, 0.2) is 29.2 Å². The van der Waals surface area contributed by atoms with Crippen LogP contribution in [0, 0.1) is 11.7 Å². The molecule has 0 saturated carbocycles. The monoisotopic (exact) mass is 449 g/mol. The molecule has 1 N–H and O–H groups in total. The molecule has 164 valence electrons. The van der Waals surface area contributed by atoms with E-state index in [1.165, 1.54) is 18.4 Å². The summed E-state index contributed by atoms with van der Waals surface area (Å²) in [7, 11) is -7.26. The lowest BCUT2D eigenvalue weighted by molar-refractivity contribution is -0.135. The number of carbonyl (C=O) groups is 1. The van der Waals surface area contributed by atoms with Gasteiger partial charge in [0.25, 0.3) is 0 Å². The SMILES string of the molecule is CC(C)[C@H](NS(=O)(=O)c1ccccc1F)C(=O)N1CCN(CCS(C)(=O)=O)CC1. The third kappa shape index (κ3) is 6.73. The van der Waals surface area contributed by atoms with E-state index in [1.54, 1.807) is 18.7 Å².